The first-order valence-corrected chi connectivity index (χ1v) is 12.0. The predicted octanol–water partition coefficient (Wildman–Crippen LogP) is 4.58. The molecule has 5 rings (SSSR count). The van der Waals surface area contributed by atoms with Gasteiger partial charge in [0.25, 0.3) is 5.91 Å². The van der Waals surface area contributed by atoms with Crippen molar-refractivity contribution in [3.05, 3.63) is 78.1 Å². The van der Waals surface area contributed by atoms with Crippen LogP contribution < -0.4 is 10.2 Å². The third-order valence-electron chi connectivity index (χ3n) is 6.22. The van der Waals surface area contributed by atoms with Crippen molar-refractivity contribution in [1.29, 1.82) is 0 Å². The highest BCUT2D eigenvalue weighted by Gasteiger charge is 2.20. The molecular formula is C27H27FN6O. The lowest BCUT2D eigenvalue weighted by Gasteiger charge is -2.29. The number of carbonyl (C=O) groups is 1. The summed E-state index contributed by atoms with van der Waals surface area (Å²) in [5, 5.41) is 2.97. The second-order valence-electron chi connectivity index (χ2n) is 8.76. The van der Waals surface area contributed by atoms with Crippen molar-refractivity contribution in [2.24, 2.45) is 0 Å². The molecule has 0 unspecified atom stereocenters. The van der Waals surface area contributed by atoms with Crippen molar-refractivity contribution in [1.82, 2.24) is 25.3 Å². The SMILES string of the molecule is O=C(NCCCc1cncnc1)c1ccc2nc(N3CCCCC3)c(-c3ccc(F)cc3)nc2c1. The van der Waals surface area contributed by atoms with Gasteiger partial charge in [-0.2, -0.15) is 0 Å². The van der Waals surface area contributed by atoms with E-state index >= 15 is 0 Å². The highest BCUT2D eigenvalue weighted by atomic mass is 19.1. The van der Waals surface area contributed by atoms with Crippen LogP contribution in [0.5, 0.6) is 0 Å². The molecular weight excluding hydrogens is 443 g/mol. The zero-order valence-corrected chi connectivity index (χ0v) is 19.5. The minimum Gasteiger partial charge on any atom is -0.355 e. The molecule has 8 heteroatoms. The standard InChI is InChI=1S/C27H27FN6O/c28-22-9-6-20(7-10-22)25-26(34-13-2-1-3-14-34)33-23-11-8-21(15-24(23)32-25)27(35)31-12-4-5-19-16-29-18-30-17-19/h6-11,15-18H,1-5,12-14H2,(H,31,35). The maximum absolute atomic E-state index is 13.6. The Hall–Kier alpha value is -3.94. The number of nitrogens with one attached hydrogen (secondary N) is 1. The van der Waals surface area contributed by atoms with Crippen LogP contribution in [0.2, 0.25) is 0 Å². The molecule has 0 aliphatic carbocycles. The van der Waals surface area contributed by atoms with Crippen LogP contribution in [-0.2, 0) is 6.42 Å². The topological polar surface area (TPSA) is 83.9 Å². The van der Waals surface area contributed by atoms with E-state index in [1.54, 1.807) is 36.7 Å². The van der Waals surface area contributed by atoms with Crippen molar-refractivity contribution >= 4 is 22.8 Å². The smallest absolute Gasteiger partial charge is 0.251 e. The van der Waals surface area contributed by atoms with Crippen molar-refractivity contribution in [3.63, 3.8) is 0 Å². The summed E-state index contributed by atoms with van der Waals surface area (Å²) in [6, 6.07) is 11.7. The van der Waals surface area contributed by atoms with E-state index in [9.17, 15) is 9.18 Å². The molecule has 2 aromatic heterocycles. The number of hydrogen-bond donors (Lipinski definition) is 1. The summed E-state index contributed by atoms with van der Waals surface area (Å²) in [5.74, 6) is 0.369. The number of halogens is 1. The first-order chi connectivity index (χ1) is 17.2. The number of fused-ring (bicyclic) bond motifs is 1. The van der Waals surface area contributed by atoms with Crippen LogP contribution in [0, 0.1) is 5.82 Å². The fourth-order valence-electron chi connectivity index (χ4n) is 4.37. The number of nitrogens with zero attached hydrogens (tertiary/aromatic N) is 5. The Balaban J connectivity index is 1.38. The molecule has 0 atom stereocenters. The highest BCUT2D eigenvalue weighted by molar-refractivity contribution is 5.97. The zero-order chi connectivity index (χ0) is 24.0. The molecule has 0 radical (unpaired) electrons. The van der Waals surface area contributed by atoms with E-state index in [2.05, 4.69) is 20.2 Å². The van der Waals surface area contributed by atoms with Gasteiger partial charge in [-0.1, -0.05) is 0 Å². The van der Waals surface area contributed by atoms with Crippen LogP contribution >= 0.6 is 0 Å². The van der Waals surface area contributed by atoms with E-state index in [0.717, 1.165) is 61.2 Å². The van der Waals surface area contributed by atoms with Gasteiger partial charge >= 0.3 is 0 Å². The number of rotatable bonds is 7. The quantitative estimate of drug-likeness (QED) is 0.398. The second kappa shape index (κ2) is 10.5. The third-order valence-corrected chi connectivity index (χ3v) is 6.22. The van der Waals surface area contributed by atoms with E-state index < -0.39 is 0 Å². The van der Waals surface area contributed by atoms with Crippen molar-refractivity contribution in [2.45, 2.75) is 32.1 Å². The van der Waals surface area contributed by atoms with Gasteiger partial charge in [0.1, 0.15) is 17.8 Å². The number of anilines is 1. The lowest BCUT2D eigenvalue weighted by Crippen LogP contribution is -2.31. The van der Waals surface area contributed by atoms with Crippen LogP contribution in [0.15, 0.2) is 61.2 Å². The largest absolute Gasteiger partial charge is 0.355 e. The third kappa shape index (κ3) is 5.42. The number of piperidine rings is 1. The van der Waals surface area contributed by atoms with E-state index in [-0.39, 0.29) is 11.7 Å². The number of carbonyl (C=O) groups excluding carboxylic acids is 1. The van der Waals surface area contributed by atoms with Gasteiger partial charge in [0.2, 0.25) is 0 Å². The Labute approximate surface area is 203 Å². The number of hydrogen-bond acceptors (Lipinski definition) is 6. The Bertz CT molecular complexity index is 1310. The molecule has 1 fully saturated rings. The molecule has 0 bridgehead atoms. The molecule has 1 saturated heterocycles. The molecule has 35 heavy (non-hydrogen) atoms. The minimum atomic E-state index is -0.291. The summed E-state index contributed by atoms with van der Waals surface area (Å²) in [5.41, 5.74) is 4.46. The van der Waals surface area contributed by atoms with Gasteiger partial charge in [-0.05, 0) is 80.1 Å². The normalized spacial score (nSPS) is 13.7. The summed E-state index contributed by atoms with van der Waals surface area (Å²) in [6.45, 7) is 2.39. The van der Waals surface area contributed by atoms with E-state index in [1.807, 2.05) is 6.07 Å². The number of amides is 1. The molecule has 4 aromatic rings. The van der Waals surface area contributed by atoms with Gasteiger partial charge in [-0.3, -0.25) is 4.79 Å². The molecule has 3 heterocycles. The van der Waals surface area contributed by atoms with E-state index in [0.29, 0.717) is 23.3 Å². The molecule has 1 aliphatic heterocycles. The molecule has 0 spiro atoms. The Kier molecular flexibility index (Phi) is 6.88. The molecule has 0 saturated carbocycles. The van der Waals surface area contributed by atoms with E-state index in [1.165, 1.54) is 24.9 Å². The zero-order valence-electron chi connectivity index (χ0n) is 19.5. The minimum absolute atomic E-state index is 0.151. The van der Waals surface area contributed by atoms with Crippen LogP contribution in [0.1, 0.15) is 41.6 Å². The Morgan fingerprint density at radius 2 is 1.71 bits per heavy atom. The molecule has 178 valence electrons. The van der Waals surface area contributed by atoms with Crippen LogP contribution in [0.3, 0.4) is 0 Å². The summed E-state index contributed by atoms with van der Waals surface area (Å²) in [4.78, 5) is 32.9. The monoisotopic (exact) mass is 470 g/mol. The maximum Gasteiger partial charge on any atom is 0.251 e. The van der Waals surface area contributed by atoms with Gasteiger partial charge in [-0.25, -0.2) is 24.3 Å². The first kappa shape index (κ1) is 22.8. The van der Waals surface area contributed by atoms with Gasteiger partial charge < -0.3 is 10.2 Å². The average molecular weight is 471 g/mol. The molecule has 1 aliphatic rings. The molecule has 1 N–H and O–H groups in total. The van der Waals surface area contributed by atoms with Crippen molar-refractivity contribution < 1.29 is 9.18 Å². The summed E-state index contributed by atoms with van der Waals surface area (Å²) < 4.78 is 13.6. The average Bonchev–Trinajstić information content (AvgIpc) is 2.91. The van der Waals surface area contributed by atoms with E-state index in [4.69, 9.17) is 9.97 Å². The van der Waals surface area contributed by atoms with Crippen LogP contribution in [0.25, 0.3) is 22.3 Å². The van der Waals surface area contributed by atoms with Crippen molar-refractivity contribution in [3.8, 4) is 11.3 Å². The summed E-state index contributed by atoms with van der Waals surface area (Å²) in [7, 11) is 0. The van der Waals surface area contributed by atoms with Gasteiger partial charge in [0.05, 0.1) is 11.0 Å². The van der Waals surface area contributed by atoms with Gasteiger partial charge in [0.15, 0.2) is 5.82 Å². The Morgan fingerprint density at radius 1 is 0.943 bits per heavy atom. The number of aryl methyl sites for hydroxylation is 1. The highest BCUT2D eigenvalue weighted by Crippen LogP contribution is 2.31. The fraction of sp³-hybridized carbons (Fsp3) is 0.296. The summed E-state index contributed by atoms with van der Waals surface area (Å²) in [6.07, 6.45) is 10.1. The van der Waals surface area contributed by atoms with Gasteiger partial charge in [-0.15, -0.1) is 0 Å². The number of benzene rings is 2. The summed E-state index contributed by atoms with van der Waals surface area (Å²) >= 11 is 0. The lowest BCUT2D eigenvalue weighted by atomic mass is 10.1. The fourth-order valence-corrected chi connectivity index (χ4v) is 4.37. The van der Waals surface area contributed by atoms with Crippen LogP contribution in [-0.4, -0.2) is 45.5 Å². The molecule has 7 nitrogen and oxygen atoms in total. The maximum atomic E-state index is 13.6. The van der Waals surface area contributed by atoms with Crippen molar-refractivity contribution in [2.75, 3.05) is 24.5 Å². The second-order valence-corrected chi connectivity index (χ2v) is 8.76. The predicted molar refractivity (Wildman–Crippen MR) is 134 cm³/mol. The molecule has 2 aromatic carbocycles. The lowest BCUT2D eigenvalue weighted by molar-refractivity contribution is 0.0953. The number of aromatic nitrogens is 4. The van der Waals surface area contributed by atoms with Crippen LogP contribution in [0.4, 0.5) is 10.2 Å². The Morgan fingerprint density at radius 3 is 2.49 bits per heavy atom. The molecule has 1 amide bonds. The van der Waals surface area contributed by atoms with Gasteiger partial charge in [0, 0.05) is 43.2 Å². The first-order valence-electron chi connectivity index (χ1n) is 12.0.